The molecular weight excluding hydrogens is 342 g/mol. The zero-order valence-electron chi connectivity index (χ0n) is 14.4. The maximum Gasteiger partial charge on any atom is 0.328 e. The van der Waals surface area contributed by atoms with Gasteiger partial charge in [0.25, 0.3) is 5.56 Å². The van der Waals surface area contributed by atoms with Crippen molar-refractivity contribution in [2.45, 2.75) is 45.8 Å². The van der Waals surface area contributed by atoms with E-state index in [1.165, 1.54) is 16.8 Å². The second kappa shape index (κ2) is 8.67. The van der Waals surface area contributed by atoms with Crippen molar-refractivity contribution in [3.63, 3.8) is 0 Å². The molecule has 2 aromatic rings. The summed E-state index contributed by atoms with van der Waals surface area (Å²) in [5.74, 6) is -0.0487. The molecule has 1 N–H and O–H groups in total. The van der Waals surface area contributed by atoms with E-state index in [4.69, 9.17) is 11.6 Å². The van der Waals surface area contributed by atoms with Crippen LogP contribution in [0.5, 0.6) is 0 Å². The van der Waals surface area contributed by atoms with E-state index < -0.39 is 11.2 Å². The summed E-state index contributed by atoms with van der Waals surface area (Å²) in [6.45, 7) is 4.70. The Morgan fingerprint density at radius 1 is 1.32 bits per heavy atom. The predicted octanol–water partition coefficient (Wildman–Crippen LogP) is 2.41. The zero-order chi connectivity index (χ0) is 18.4. The first kappa shape index (κ1) is 19.0. The van der Waals surface area contributed by atoms with E-state index in [-0.39, 0.29) is 24.9 Å². The van der Waals surface area contributed by atoms with Crippen LogP contribution in [0.1, 0.15) is 32.3 Å². The summed E-state index contributed by atoms with van der Waals surface area (Å²) in [6, 6.07) is 8.76. The van der Waals surface area contributed by atoms with Crippen LogP contribution in [-0.2, 0) is 17.9 Å². The van der Waals surface area contributed by atoms with Gasteiger partial charge >= 0.3 is 5.69 Å². The van der Waals surface area contributed by atoms with Crippen molar-refractivity contribution in [2.24, 2.45) is 0 Å². The highest BCUT2D eigenvalue weighted by Gasteiger charge is 2.19. The monoisotopic (exact) mass is 363 g/mol. The van der Waals surface area contributed by atoms with Crippen molar-refractivity contribution in [2.75, 3.05) is 0 Å². The standard InChI is InChI=1S/C18H22ClN3O3/c1-3-13(2)22(12-14-5-4-6-15(19)11-14)17(24)8-10-21-9-7-16(23)20-18(21)25/h4-7,9,11,13H,3,8,10,12H2,1-2H3,(H,20,23,25). The van der Waals surface area contributed by atoms with Crippen LogP contribution in [-0.4, -0.2) is 26.4 Å². The van der Waals surface area contributed by atoms with E-state index in [0.717, 1.165) is 12.0 Å². The normalized spacial score (nSPS) is 12.0. The van der Waals surface area contributed by atoms with Crippen LogP contribution in [0, 0.1) is 0 Å². The fourth-order valence-corrected chi connectivity index (χ4v) is 2.74. The smallest absolute Gasteiger partial charge is 0.328 e. The van der Waals surface area contributed by atoms with Gasteiger partial charge in [0.05, 0.1) is 0 Å². The number of carbonyl (C=O) groups excluding carboxylic acids is 1. The number of nitrogens with zero attached hydrogens (tertiary/aromatic N) is 2. The van der Waals surface area contributed by atoms with E-state index in [2.05, 4.69) is 4.98 Å². The van der Waals surface area contributed by atoms with Crippen molar-refractivity contribution in [3.05, 3.63) is 68.0 Å². The Labute approximate surface area is 151 Å². The van der Waals surface area contributed by atoms with Gasteiger partial charge in [-0.1, -0.05) is 30.7 Å². The lowest BCUT2D eigenvalue weighted by Gasteiger charge is -2.29. The van der Waals surface area contributed by atoms with Gasteiger partial charge < -0.3 is 9.47 Å². The fourth-order valence-electron chi connectivity index (χ4n) is 2.52. The number of halogens is 1. The molecule has 1 aromatic carbocycles. The SMILES string of the molecule is CCC(C)N(Cc1cccc(Cl)c1)C(=O)CCn1ccc(=O)[nH]c1=O. The largest absolute Gasteiger partial charge is 0.336 e. The Bertz CT molecular complexity index is 844. The molecule has 0 fully saturated rings. The lowest BCUT2D eigenvalue weighted by atomic mass is 10.1. The number of aromatic nitrogens is 2. The number of aryl methyl sites for hydroxylation is 1. The molecule has 0 spiro atoms. The van der Waals surface area contributed by atoms with Crippen molar-refractivity contribution in [3.8, 4) is 0 Å². The maximum atomic E-state index is 12.7. The molecule has 2 rings (SSSR count). The number of aromatic amines is 1. The van der Waals surface area contributed by atoms with Crippen molar-refractivity contribution in [1.29, 1.82) is 0 Å². The van der Waals surface area contributed by atoms with Crippen LogP contribution in [0.3, 0.4) is 0 Å². The second-order valence-electron chi connectivity index (χ2n) is 5.96. The van der Waals surface area contributed by atoms with Gasteiger partial charge in [0.1, 0.15) is 0 Å². The lowest BCUT2D eigenvalue weighted by Crippen LogP contribution is -2.39. The molecule has 1 heterocycles. The molecular formula is C18H22ClN3O3. The maximum absolute atomic E-state index is 12.7. The number of benzene rings is 1. The van der Waals surface area contributed by atoms with Crippen LogP contribution in [0.4, 0.5) is 0 Å². The van der Waals surface area contributed by atoms with Gasteiger partial charge in [-0.2, -0.15) is 0 Å². The quantitative estimate of drug-likeness (QED) is 0.820. The third kappa shape index (κ3) is 5.32. The molecule has 7 heteroatoms. The molecule has 1 amide bonds. The first-order chi connectivity index (χ1) is 11.9. The molecule has 0 aliphatic carbocycles. The summed E-state index contributed by atoms with van der Waals surface area (Å²) in [6.07, 6.45) is 2.40. The Kier molecular flexibility index (Phi) is 6.58. The van der Waals surface area contributed by atoms with Crippen LogP contribution < -0.4 is 11.2 Å². The third-order valence-electron chi connectivity index (χ3n) is 4.15. The molecule has 1 atom stereocenters. The highest BCUT2D eigenvalue weighted by molar-refractivity contribution is 6.30. The molecule has 1 aromatic heterocycles. The van der Waals surface area contributed by atoms with Crippen molar-refractivity contribution >= 4 is 17.5 Å². The minimum absolute atomic E-state index is 0.0487. The van der Waals surface area contributed by atoms with Crippen LogP contribution in [0.15, 0.2) is 46.1 Å². The van der Waals surface area contributed by atoms with Gasteiger partial charge in [-0.05, 0) is 31.0 Å². The van der Waals surface area contributed by atoms with E-state index in [9.17, 15) is 14.4 Å². The van der Waals surface area contributed by atoms with Crippen LogP contribution in [0.2, 0.25) is 5.02 Å². The van der Waals surface area contributed by atoms with Crippen molar-refractivity contribution < 1.29 is 4.79 Å². The summed E-state index contributed by atoms with van der Waals surface area (Å²) < 4.78 is 1.33. The van der Waals surface area contributed by atoms with E-state index >= 15 is 0 Å². The number of amides is 1. The Morgan fingerprint density at radius 3 is 2.72 bits per heavy atom. The van der Waals surface area contributed by atoms with Gasteiger partial charge in [-0.15, -0.1) is 0 Å². The first-order valence-electron chi connectivity index (χ1n) is 8.24. The molecule has 0 saturated carbocycles. The summed E-state index contributed by atoms with van der Waals surface area (Å²) in [5.41, 5.74) is 0.00218. The van der Waals surface area contributed by atoms with Crippen LogP contribution >= 0.6 is 11.6 Å². The van der Waals surface area contributed by atoms with Crippen molar-refractivity contribution in [1.82, 2.24) is 14.5 Å². The molecule has 134 valence electrons. The Hall–Kier alpha value is -2.34. The summed E-state index contributed by atoms with van der Waals surface area (Å²) in [7, 11) is 0. The average Bonchev–Trinajstić information content (AvgIpc) is 2.58. The molecule has 0 saturated heterocycles. The number of carbonyl (C=O) groups is 1. The number of hydrogen-bond donors (Lipinski definition) is 1. The van der Waals surface area contributed by atoms with Gasteiger partial charge in [0.2, 0.25) is 5.91 Å². The summed E-state index contributed by atoms with van der Waals surface area (Å²) >= 11 is 6.02. The molecule has 1 unspecified atom stereocenters. The topological polar surface area (TPSA) is 75.2 Å². The Morgan fingerprint density at radius 2 is 2.08 bits per heavy atom. The molecule has 0 aliphatic rings. The number of rotatable bonds is 7. The first-order valence-corrected chi connectivity index (χ1v) is 8.62. The van der Waals surface area contributed by atoms with E-state index in [1.54, 1.807) is 11.0 Å². The number of nitrogens with one attached hydrogen (secondary N) is 1. The molecule has 0 aliphatic heterocycles. The van der Waals surface area contributed by atoms with E-state index in [0.29, 0.717) is 11.6 Å². The minimum Gasteiger partial charge on any atom is -0.336 e. The zero-order valence-corrected chi connectivity index (χ0v) is 15.1. The number of hydrogen-bond acceptors (Lipinski definition) is 3. The van der Waals surface area contributed by atoms with Gasteiger partial charge in [0.15, 0.2) is 0 Å². The van der Waals surface area contributed by atoms with Gasteiger partial charge in [-0.25, -0.2) is 4.79 Å². The Balaban J connectivity index is 2.10. The van der Waals surface area contributed by atoms with Gasteiger partial charge in [0, 0.05) is 42.8 Å². The predicted molar refractivity (Wildman–Crippen MR) is 97.7 cm³/mol. The summed E-state index contributed by atoms with van der Waals surface area (Å²) in [5, 5.41) is 0.633. The third-order valence-corrected chi connectivity index (χ3v) is 4.38. The second-order valence-corrected chi connectivity index (χ2v) is 6.40. The van der Waals surface area contributed by atoms with Gasteiger partial charge in [-0.3, -0.25) is 14.6 Å². The van der Waals surface area contributed by atoms with E-state index in [1.807, 2.05) is 32.0 Å². The molecule has 0 bridgehead atoms. The highest BCUT2D eigenvalue weighted by Crippen LogP contribution is 2.16. The highest BCUT2D eigenvalue weighted by atomic mass is 35.5. The summed E-state index contributed by atoms with van der Waals surface area (Å²) in [4.78, 5) is 39.5. The fraction of sp³-hybridized carbons (Fsp3) is 0.389. The minimum atomic E-state index is -0.509. The average molecular weight is 364 g/mol. The number of H-pyrrole nitrogens is 1. The molecule has 0 radical (unpaired) electrons. The lowest BCUT2D eigenvalue weighted by molar-refractivity contribution is -0.134. The van der Waals surface area contributed by atoms with Crippen LogP contribution in [0.25, 0.3) is 0 Å². The molecule has 6 nitrogen and oxygen atoms in total. The molecule has 25 heavy (non-hydrogen) atoms.